The van der Waals surface area contributed by atoms with Gasteiger partial charge in [-0.25, -0.2) is 13.8 Å². The fraction of sp³-hybridized carbons (Fsp3) is 0.100. The van der Waals surface area contributed by atoms with Crippen LogP contribution in [0.5, 0.6) is 5.75 Å². The van der Waals surface area contributed by atoms with Crippen LogP contribution in [0, 0.1) is 18.6 Å². The SMILES string of the molecule is COc1ccc(-c2cn3c(C)c(C(=O)Nc4ccc(F)cc4F)sc3n2)cc1. The molecule has 0 aliphatic heterocycles. The lowest BCUT2D eigenvalue weighted by Gasteiger charge is -2.05. The second-order valence-electron chi connectivity index (χ2n) is 6.10. The largest absolute Gasteiger partial charge is 0.497 e. The van der Waals surface area contributed by atoms with E-state index in [0.717, 1.165) is 29.1 Å². The number of carbonyl (C=O) groups is 1. The Morgan fingerprint density at radius 2 is 1.93 bits per heavy atom. The molecule has 0 saturated heterocycles. The molecule has 4 rings (SSSR count). The summed E-state index contributed by atoms with van der Waals surface area (Å²) in [6.45, 7) is 1.79. The first-order valence-electron chi connectivity index (χ1n) is 8.35. The third kappa shape index (κ3) is 3.22. The second-order valence-corrected chi connectivity index (χ2v) is 7.08. The number of hydrogen-bond acceptors (Lipinski definition) is 4. The summed E-state index contributed by atoms with van der Waals surface area (Å²) in [7, 11) is 1.61. The first kappa shape index (κ1) is 18.1. The molecule has 2 aromatic heterocycles. The summed E-state index contributed by atoms with van der Waals surface area (Å²) in [5.41, 5.74) is 2.31. The van der Waals surface area contributed by atoms with Gasteiger partial charge < -0.3 is 10.1 Å². The van der Waals surface area contributed by atoms with E-state index in [1.54, 1.807) is 14.0 Å². The number of amides is 1. The summed E-state index contributed by atoms with van der Waals surface area (Å²) in [6.07, 6.45) is 1.85. The van der Waals surface area contributed by atoms with Crippen molar-refractivity contribution in [2.75, 3.05) is 12.4 Å². The average Bonchev–Trinajstić information content (AvgIpc) is 3.24. The fourth-order valence-corrected chi connectivity index (χ4v) is 3.84. The van der Waals surface area contributed by atoms with E-state index < -0.39 is 17.5 Å². The van der Waals surface area contributed by atoms with E-state index in [9.17, 15) is 13.6 Å². The zero-order valence-electron chi connectivity index (χ0n) is 15.0. The Bertz CT molecular complexity index is 1180. The molecular formula is C20H15F2N3O2S. The molecule has 0 atom stereocenters. The number of aryl methyl sites for hydroxylation is 1. The highest BCUT2D eigenvalue weighted by atomic mass is 32.1. The highest BCUT2D eigenvalue weighted by molar-refractivity contribution is 7.19. The van der Waals surface area contributed by atoms with E-state index >= 15 is 0 Å². The number of anilines is 1. The van der Waals surface area contributed by atoms with E-state index in [4.69, 9.17) is 4.74 Å². The molecule has 0 unspecified atom stereocenters. The molecule has 0 aliphatic rings. The molecule has 0 saturated carbocycles. The maximum Gasteiger partial charge on any atom is 0.267 e. The van der Waals surface area contributed by atoms with Crippen molar-refractivity contribution in [2.24, 2.45) is 0 Å². The summed E-state index contributed by atoms with van der Waals surface area (Å²) in [4.78, 5) is 18.2. The van der Waals surface area contributed by atoms with Crippen molar-refractivity contribution in [1.82, 2.24) is 9.38 Å². The lowest BCUT2D eigenvalue weighted by molar-refractivity contribution is 0.102. The van der Waals surface area contributed by atoms with Crippen LogP contribution in [0.3, 0.4) is 0 Å². The van der Waals surface area contributed by atoms with E-state index in [-0.39, 0.29) is 5.69 Å². The van der Waals surface area contributed by atoms with Crippen LogP contribution < -0.4 is 10.1 Å². The predicted molar refractivity (Wildman–Crippen MR) is 104 cm³/mol. The maximum absolute atomic E-state index is 13.8. The molecule has 4 aromatic rings. The van der Waals surface area contributed by atoms with Crippen LogP contribution in [-0.2, 0) is 0 Å². The molecule has 1 amide bonds. The number of imidazole rings is 1. The van der Waals surface area contributed by atoms with Gasteiger partial charge in [-0.2, -0.15) is 0 Å². The Hall–Kier alpha value is -3.26. The third-order valence-corrected chi connectivity index (χ3v) is 5.48. The molecule has 0 aliphatic carbocycles. The maximum atomic E-state index is 13.8. The number of benzene rings is 2. The average molecular weight is 399 g/mol. The van der Waals surface area contributed by atoms with Gasteiger partial charge in [0.05, 0.1) is 18.5 Å². The molecule has 28 heavy (non-hydrogen) atoms. The molecule has 5 nitrogen and oxygen atoms in total. The minimum Gasteiger partial charge on any atom is -0.497 e. The Labute approximate surface area is 163 Å². The van der Waals surface area contributed by atoms with Crippen LogP contribution in [0.4, 0.5) is 14.5 Å². The van der Waals surface area contributed by atoms with Crippen molar-refractivity contribution in [3.63, 3.8) is 0 Å². The van der Waals surface area contributed by atoms with Crippen LogP contribution in [0.1, 0.15) is 15.4 Å². The highest BCUT2D eigenvalue weighted by Crippen LogP contribution is 2.29. The van der Waals surface area contributed by atoms with Crippen molar-refractivity contribution in [1.29, 1.82) is 0 Å². The topological polar surface area (TPSA) is 55.6 Å². The van der Waals surface area contributed by atoms with E-state index in [0.29, 0.717) is 15.5 Å². The summed E-state index contributed by atoms with van der Waals surface area (Å²) in [5.74, 6) is -1.24. The number of thiazole rings is 1. The normalized spacial score (nSPS) is 11.0. The van der Waals surface area contributed by atoms with Crippen molar-refractivity contribution < 1.29 is 18.3 Å². The van der Waals surface area contributed by atoms with Gasteiger partial charge in [0.25, 0.3) is 5.91 Å². The van der Waals surface area contributed by atoms with Gasteiger partial charge in [-0.3, -0.25) is 9.20 Å². The molecule has 0 spiro atoms. The molecule has 1 N–H and O–H groups in total. The number of aromatic nitrogens is 2. The number of carbonyl (C=O) groups excluding carboxylic acids is 1. The van der Waals surface area contributed by atoms with Crippen LogP contribution in [-0.4, -0.2) is 22.4 Å². The Morgan fingerprint density at radius 1 is 1.18 bits per heavy atom. The monoisotopic (exact) mass is 399 g/mol. The minimum absolute atomic E-state index is 0.0734. The highest BCUT2D eigenvalue weighted by Gasteiger charge is 2.19. The number of ether oxygens (including phenoxy) is 1. The molecule has 0 radical (unpaired) electrons. The lowest BCUT2D eigenvalue weighted by Crippen LogP contribution is -2.13. The Kier molecular flexibility index (Phi) is 4.56. The van der Waals surface area contributed by atoms with Crippen LogP contribution in [0.2, 0.25) is 0 Å². The van der Waals surface area contributed by atoms with Gasteiger partial charge in [0.15, 0.2) is 4.96 Å². The van der Waals surface area contributed by atoms with Crippen molar-refractivity contribution in [3.8, 4) is 17.0 Å². The van der Waals surface area contributed by atoms with Gasteiger partial charge in [-0.15, -0.1) is 0 Å². The van der Waals surface area contributed by atoms with Gasteiger partial charge in [0, 0.05) is 23.5 Å². The van der Waals surface area contributed by atoms with Crippen molar-refractivity contribution >= 4 is 27.9 Å². The van der Waals surface area contributed by atoms with E-state index in [1.165, 1.54) is 17.4 Å². The Morgan fingerprint density at radius 3 is 2.57 bits per heavy atom. The smallest absolute Gasteiger partial charge is 0.267 e. The quantitative estimate of drug-likeness (QED) is 0.531. The van der Waals surface area contributed by atoms with Gasteiger partial charge in [-0.05, 0) is 43.3 Å². The fourth-order valence-electron chi connectivity index (χ4n) is 2.83. The zero-order chi connectivity index (χ0) is 19.8. The first-order chi connectivity index (χ1) is 13.5. The molecule has 2 heterocycles. The number of fused-ring (bicyclic) bond motifs is 1. The second kappa shape index (κ2) is 7.05. The molecule has 2 aromatic carbocycles. The number of nitrogens with zero attached hydrogens (tertiary/aromatic N) is 2. The number of methoxy groups -OCH3 is 1. The number of hydrogen-bond donors (Lipinski definition) is 1. The third-order valence-electron chi connectivity index (χ3n) is 4.33. The first-order valence-corrected chi connectivity index (χ1v) is 9.17. The van der Waals surface area contributed by atoms with Gasteiger partial charge in [0.2, 0.25) is 0 Å². The molecule has 142 valence electrons. The lowest BCUT2D eigenvalue weighted by atomic mass is 10.2. The van der Waals surface area contributed by atoms with Gasteiger partial charge >= 0.3 is 0 Å². The number of halogens is 2. The summed E-state index contributed by atoms with van der Waals surface area (Å²) < 4.78 is 33.8. The van der Waals surface area contributed by atoms with Crippen LogP contribution >= 0.6 is 11.3 Å². The Balaban J connectivity index is 1.62. The standard InChI is InChI=1S/C20H15F2N3O2S/c1-11-18(19(26)23-16-8-5-13(21)9-15(16)22)28-20-24-17(10-25(11)20)12-3-6-14(27-2)7-4-12/h3-10H,1-2H3,(H,23,26). The zero-order valence-corrected chi connectivity index (χ0v) is 15.8. The molecular weight excluding hydrogens is 384 g/mol. The van der Waals surface area contributed by atoms with Gasteiger partial charge in [0.1, 0.15) is 22.3 Å². The summed E-state index contributed by atoms with van der Waals surface area (Å²) in [6, 6.07) is 10.5. The van der Waals surface area contributed by atoms with Crippen LogP contribution in [0.25, 0.3) is 16.2 Å². The van der Waals surface area contributed by atoms with Crippen molar-refractivity contribution in [3.05, 3.63) is 70.9 Å². The molecule has 0 fully saturated rings. The minimum atomic E-state index is -0.825. The van der Waals surface area contributed by atoms with E-state index in [2.05, 4.69) is 10.3 Å². The summed E-state index contributed by atoms with van der Waals surface area (Å²) in [5, 5.41) is 2.48. The van der Waals surface area contributed by atoms with Crippen molar-refractivity contribution in [2.45, 2.75) is 6.92 Å². The number of rotatable bonds is 4. The van der Waals surface area contributed by atoms with Crippen LogP contribution in [0.15, 0.2) is 48.7 Å². The number of nitrogens with one attached hydrogen (secondary N) is 1. The van der Waals surface area contributed by atoms with E-state index in [1.807, 2.05) is 34.9 Å². The molecule has 0 bridgehead atoms. The molecule has 8 heteroatoms. The summed E-state index contributed by atoms with van der Waals surface area (Å²) >= 11 is 1.20. The van der Waals surface area contributed by atoms with Gasteiger partial charge in [-0.1, -0.05) is 11.3 Å². The predicted octanol–water partition coefficient (Wildman–Crippen LogP) is 4.91.